The van der Waals surface area contributed by atoms with E-state index in [9.17, 15) is 14.7 Å². The van der Waals surface area contributed by atoms with Crippen LogP contribution in [0.5, 0.6) is 0 Å². The van der Waals surface area contributed by atoms with Crippen LogP contribution in [-0.4, -0.2) is 48.1 Å². The first kappa shape index (κ1) is 16.8. The first-order chi connectivity index (χ1) is 10.7. The third-order valence-corrected chi connectivity index (χ3v) is 4.44. The minimum Gasteiger partial charge on any atom is -0.394 e. The van der Waals surface area contributed by atoms with Crippen LogP contribution in [-0.2, 0) is 9.59 Å². The van der Waals surface area contributed by atoms with Crippen LogP contribution in [0.2, 0.25) is 0 Å². The SMILES string of the molecule is CSCC[C@H](CO)NC(=O)[C@@H]1CC(=O)N(c2ccccc2)C1. The fourth-order valence-corrected chi connectivity index (χ4v) is 3.05. The third-order valence-electron chi connectivity index (χ3n) is 3.80. The van der Waals surface area contributed by atoms with E-state index < -0.39 is 0 Å². The van der Waals surface area contributed by atoms with E-state index in [0.717, 1.165) is 17.9 Å². The van der Waals surface area contributed by atoms with Gasteiger partial charge in [0.2, 0.25) is 11.8 Å². The molecule has 1 aromatic carbocycles. The topological polar surface area (TPSA) is 69.6 Å². The van der Waals surface area contributed by atoms with Gasteiger partial charge in [-0.2, -0.15) is 11.8 Å². The largest absolute Gasteiger partial charge is 0.394 e. The Morgan fingerprint density at radius 3 is 2.82 bits per heavy atom. The molecule has 2 amide bonds. The number of carbonyl (C=O) groups excluding carboxylic acids is 2. The number of carbonyl (C=O) groups is 2. The predicted molar refractivity (Wildman–Crippen MR) is 88.9 cm³/mol. The summed E-state index contributed by atoms with van der Waals surface area (Å²) >= 11 is 1.68. The number of nitrogens with zero attached hydrogens (tertiary/aromatic N) is 1. The van der Waals surface area contributed by atoms with Crippen molar-refractivity contribution in [2.45, 2.75) is 18.9 Å². The molecular formula is C16H22N2O3S. The molecular weight excluding hydrogens is 300 g/mol. The zero-order valence-electron chi connectivity index (χ0n) is 12.7. The Labute approximate surface area is 135 Å². The van der Waals surface area contributed by atoms with Crippen molar-refractivity contribution in [3.05, 3.63) is 30.3 Å². The highest BCUT2D eigenvalue weighted by Gasteiger charge is 2.35. The number of aliphatic hydroxyl groups is 1. The van der Waals surface area contributed by atoms with E-state index in [-0.39, 0.29) is 36.8 Å². The molecule has 5 nitrogen and oxygen atoms in total. The maximum atomic E-state index is 12.3. The number of para-hydroxylation sites is 1. The van der Waals surface area contributed by atoms with Crippen molar-refractivity contribution in [2.24, 2.45) is 5.92 Å². The van der Waals surface area contributed by atoms with Crippen molar-refractivity contribution in [1.82, 2.24) is 5.32 Å². The Morgan fingerprint density at radius 1 is 1.45 bits per heavy atom. The maximum absolute atomic E-state index is 12.3. The molecule has 0 spiro atoms. The van der Waals surface area contributed by atoms with Gasteiger partial charge >= 0.3 is 0 Å². The Kier molecular flexibility index (Phi) is 6.27. The summed E-state index contributed by atoms with van der Waals surface area (Å²) in [5, 5.41) is 12.2. The number of anilines is 1. The molecule has 1 heterocycles. The fourth-order valence-electron chi connectivity index (χ4n) is 2.53. The van der Waals surface area contributed by atoms with Gasteiger partial charge in [0, 0.05) is 18.7 Å². The highest BCUT2D eigenvalue weighted by Crippen LogP contribution is 2.25. The first-order valence-electron chi connectivity index (χ1n) is 7.41. The molecule has 2 atom stereocenters. The Morgan fingerprint density at radius 2 is 2.18 bits per heavy atom. The molecule has 0 aliphatic carbocycles. The van der Waals surface area contributed by atoms with Gasteiger partial charge in [-0.05, 0) is 30.6 Å². The molecule has 2 rings (SSSR count). The summed E-state index contributed by atoms with van der Waals surface area (Å²) in [6.45, 7) is 0.324. The van der Waals surface area contributed by atoms with E-state index in [1.807, 2.05) is 36.6 Å². The lowest BCUT2D eigenvalue weighted by atomic mass is 10.1. The van der Waals surface area contributed by atoms with Gasteiger partial charge in [-0.1, -0.05) is 18.2 Å². The average molecular weight is 322 g/mol. The molecule has 0 radical (unpaired) electrons. The fraction of sp³-hybridized carbons (Fsp3) is 0.500. The average Bonchev–Trinajstić information content (AvgIpc) is 2.94. The minimum absolute atomic E-state index is 0.0315. The molecule has 1 saturated heterocycles. The van der Waals surface area contributed by atoms with Crippen LogP contribution in [0.4, 0.5) is 5.69 Å². The summed E-state index contributed by atoms with van der Waals surface area (Å²) in [5.74, 6) is 0.351. The lowest BCUT2D eigenvalue weighted by Crippen LogP contribution is -2.42. The number of hydrogen-bond donors (Lipinski definition) is 2. The molecule has 2 N–H and O–H groups in total. The van der Waals surface area contributed by atoms with Gasteiger partial charge in [0.1, 0.15) is 0 Å². The van der Waals surface area contributed by atoms with E-state index in [4.69, 9.17) is 0 Å². The Hall–Kier alpha value is -1.53. The normalized spacial score (nSPS) is 19.3. The van der Waals surface area contributed by atoms with Crippen LogP contribution in [0.15, 0.2) is 30.3 Å². The number of benzene rings is 1. The first-order valence-corrected chi connectivity index (χ1v) is 8.80. The van der Waals surface area contributed by atoms with Gasteiger partial charge in [-0.25, -0.2) is 0 Å². The van der Waals surface area contributed by atoms with Crippen LogP contribution >= 0.6 is 11.8 Å². The van der Waals surface area contributed by atoms with E-state index in [1.54, 1.807) is 16.7 Å². The lowest BCUT2D eigenvalue weighted by Gasteiger charge is -2.19. The van der Waals surface area contributed by atoms with Gasteiger partial charge in [-0.3, -0.25) is 9.59 Å². The summed E-state index contributed by atoms with van der Waals surface area (Å²) in [6, 6.07) is 9.15. The van der Waals surface area contributed by atoms with Gasteiger partial charge < -0.3 is 15.3 Å². The predicted octanol–water partition coefficient (Wildman–Crippen LogP) is 1.27. The third kappa shape index (κ3) is 4.24. The van der Waals surface area contributed by atoms with Crippen molar-refractivity contribution in [3.63, 3.8) is 0 Å². The van der Waals surface area contributed by atoms with Crippen molar-refractivity contribution >= 4 is 29.3 Å². The van der Waals surface area contributed by atoms with E-state index in [0.29, 0.717) is 6.54 Å². The summed E-state index contributed by atoms with van der Waals surface area (Å²) in [6.07, 6.45) is 2.94. The lowest BCUT2D eigenvalue weighted by molar-refractivity contribution is -0.127. The molecule has 1 aliphatic rings. The maximum Gasteiger partial charge on any atom is 0.227 e. The Balaban J connectivity index is 1.93. The van der Waals surface area contributed by atoms with Crippen LogP contribution in [0.1, 0.15) is 12.8 Å². The second kappa shape index (κ2) is 8.19. The summed E-state index contributed by atoms with van der Waals surface area (Å²) < 4.78 is 0. The summed E-state index contributed by atoms with van der Waals surface area (Å²) in [7, 11) is 0. The van der Waals surface area contributed by atoms with Gasteiger partial charge in [0.15, 0.2) is 0 Å². The van der Waals surface area contributed by atoms with Crippen molar-refractivity contribution < 1.29 is 14.7 Å². The number of amides is 2. The quantitative estimate of drug-likeness (QED) is 0.793. The number of nitrogens with one attached hydrogen (secondary N) is 1. The zero-order valence-corrected chi connectivity index (χ0v) is 13.5. The van der Waals surface area contributed by atoms with Crippen LogP contribution < -0.4 is 10.2 Å². The highest BCUT2D eigenvalue weighted by molar-refractivity contribution is 7.98. The van der Waals surface area contributed by atoms with E-state index >= 15 is 0 Å². The molecule has 22 heavy (non-hydrogen) atoms. The van der Waals surface area contributed by atoms with Crippen molar-refractivity contribution in [3.8, 4) is 0 Å². The standard InChI is InChI=1S/C16H22N2O3S/c1-22-8-7-13(11-19)17-16(21)12-9-15(20)18(10-12)14-5-3-2-4-6-14/h2-6,12-13,19H,7-11H2,1H3,(H,17,21)/t12-,13-/m1/s1. The zero-order chi connectivity index (χ0) is 15.9. The summed E-state index contributed by atoms with van der Waals surface area (Å²) in [5.41, 5.74) is 0.823. The molecule has 0 aromatic heterocycles. The van der Waals surface area contributed by atoms with E-state index in [1.165, 1.54) is 0 Å². The second-order valence-electron chi connectivity index (χ2n) is 5.41. The number of aliphatic hydroxyl groups excluding tert-OH is 1. The highest BCUT2D eigenvalue weighted by atomic mass is 32.2. The molecule has 1 fully saturated rings. The van der Waals surface area contributed by atoms with Gasteiger partial charge in [0.05, 0.1) is 18.6 Å². The summed E-state index contributed by atoms with van der Waals surface area (Å²) in [4.78, 5) is 26.1. The van der Waals surface area contributed by atoms with Crippen molar-refractivity contribution in [2.75, 3.05) is 30.1 Å². The van der Waals surface area contributed by atoms with Gasteiger partial charge in [0.25, 0.3) is 0 Å². The number of thioether (sulfide) groups is 1. The molecule has 120 valence electrons. The van der Waals surface area contributed by atoms with E-state index in [2.05, 4.69) is 5.32 Å². The van der Waals surface area contributed by atoms with Crippen LogP contribution in [0, 0.1) is 5.92 Å². The smallest absolute Gasteiger partial charge is 0.227 e. The molecule has 1 aromatic rings. The second-order valence-corrected chi connectivity index (χ2v) is 6.40. The molecule has 6 heteroatoms. The van der Waals surface area contributed by atoms with Crippen molar-refractivity contribution in [1.29, 1.82) is 0 Å². The molecule has 0 unspecified atom stereocenters. The number of hydrogen-bond acceptors (Lipinski definition) is 4. The Bertz CT molecular complexity index is 509. The van der Waals surface area contributed by atoms with Crippen LogP contribution in [0.3, 0.4) is 0 Å². The van der Waals surface area contributed by atoms with Gasteiger partial charge in [-0.15, -0.1) is 0 Å². The molecule has 1 aliphatic heterocycles. The minimum atomic E-state index is -0.351. The van der Waals surface area contributed by atoms with Crippen LogP contribution in [0.25, 0.3) is 0 Å². The molecule has 0 saturated carbocycles. The molecule has 0 bridgehead atoms. The monoisotopic (exact) mass is 322 g/mol. The number of rotatable bonds is 7.